The standard InChI is InChI=1S/C7H7ClF2N2O2S/c1-3-6(11)5(15(8,13)14)2-4(12-3)7(9)10/h2,7H,11H2,1H3. The Kier molecular flexibility index (Phi) is 3.15. The molecule has 0 atom stereocenters. The first kappa shape index (κ1) is 12.1. The van der Waals surface area contributed by atoms with E-state index >= 15 is 0 Å². The number of anilines is 1. The highest BCUT2D eigenvalue weighted by Gasteiger charge is 2.21. The first-order chi connectivity index (χ1) is 6.73. The minimum atomic E-state index is -4.14. The summed E-state index contributed by atoms with van der Waals surface area (Å²) in [6.07, 6.45) is -2.87. The van der Waals surface area contributed by atoms with E-state index in [2.05, 4.69) is 4.98 Å². The van der Waals surface area contributed by atoms with Gasteiger partial charge in [-0.15, -0.1) is 0 Å². The maximum absolute atomic E-state index is 12.3. The highest BCUT2D eigenvalue weighted by molar-refractivity contribution is 8.13. The molecular formula is C7H7ClF2N2O2S. The van der Waals surface area contributed by atoms with Gasteiger partial charge < -0.3 is 5.73 Å². The molecule has 8 heteroatoms. The molecule has 0 radical (unpaired) electrons. The van der Waals surface area contributed by atoms with Crippen LogP contribution in [-0.4, -0.2) is 13.4 Å². The Bertz CT molecular complexity index is 490. The van der Waals surface area contributed by atoms with E-state index in [1.807, 2.05) is 0 Å². The molecule has 0 aliphatic rings. The number of halogens is 3. The van der Waals surface area contributed by atoms with Crippen LogP contribution in [0.25, 0.3) is 0 Å². The van der Waals surface area contributed by atoms with Crippen molar-refractivity contribution in [2.45, 2.75) is 18.2 Å². The number of hydrogen-bond acceptors (Lipinski definition) is 4. The summed E-state index contributed by atoms with van der Waals surface area (Å²) in [5, 5.41) is 0. The first-order valence-electron chi connectivity index (χ1n) is 3.73. The monoisotopic (exact) mass is 256 g/mol. The molecule has 0 saturated carbocycles. The Labute approximate surface area is 89.5 Å². The van der Waals surface area contributed by atoms with Gasteiger partial charge >= 0.3 is 0 Å². The zero-order chi connectivity index (χ0) is 11.8. The Balaban J connectivity index is 3.52. The molecule has 0 aromatic carbocycles. The maximum Gasteiger partial charge on any atom is 0.280 e. The van der Waals surface area contributed by atoms with Gasteiger partial charge in [-0.05, 0) is 13.0 Å². The van der Waals surface area contributed by atoms with Crippen LogP contribution in [0.15, 0.2) is 11.0 Å². The third-order valence-electron chi connectivity index (χ3n) is 1.72. The van der Waals surface area contributed by atoms with E-state index in [9.17, 15) is 17.2 Å². The van der Waals surface area contributed by atoms with Crippen LogP contribution in [-0.2, 0) is 9.05 Å². The average molecular weight is 257 g/mol. The minimum Gasteiger partial charge on any atom is -0.396 e. The number of nitrogens with zero attached hydrogens (tertiary/aromatic N) is 1. The Morgan fingerprint density at radius 3 is 2.47 bits per heavy atom. The largest absolute Gasteiger partial charge is 0.396 e. The average Bonchev–Trinajstić information content (AvgIpc) is 2.06. The third-order valence-corrected chi connectivity index (χ3v) is 3.08. The lowest BCUT2D eigenvalue weighted by Crippen LogP contribution is -2.05. The van der Waals surface area contributed by atoms with Gasteiger partial charge in [0.1, 0.15) is 10.6 Å². The van der Waals surface area contributed by atoms with Crippen molar-refractivity contribution >= 4 is 25.4 Å². The SMILES string of the molecule is Cc1nc(C(F)F)cc(S(=O)(=O)Cl)c1N. The second-order valence-corrected chi connectivity index (χ2v) is 5.32. The van der Waals surface area contributed by atoms with Crippen molar-refractivity contribution in [3.05, 3.63) is 17.5 Å². The van der Waals surface area contributed by atoms with Gasteiger partial charge in [-0.1, -0.05) is 0 Å². The van der Waals surface area contributed by atoms with Crippen LogP contribution in [0, 0.1) is 6.92 Å². The fourth-order valence-corrected chi connectivity index (χ4v) is 2.04. The zero-order valence-corrected chi connectivity index (χ0v) is 9.11. The van der Waals surface area contributed by atoms with Gasteiger partial charge in [-0.3, -0.25) is 0 Å². The summed E-state index contributed by atoms with van der Waals surface area (Å²) in [7, 11) is 0.894. The molecule has 0 aliphatic carbocycles. The predicted octanol–water partition coefficient (Wildman–Crippen LogP) is 1.84. The highest BCUT2D eigenvalue weighted by Crippen LogP contribution is 2.28. The Hall–Kier alpha value is -0.950. The van der Waals surface area contributed by atoms with Crippen LogP contribution in [0.2, 0.25) is 0 Å². The summed E-state index contributed by atoms with van der Waals surface area (Å²) >= 11 is 0. The molecule has 0 unspecified atom stereocenters. The quantitative estimate of drug-likeness (QED) is 0.820. The Morgan fingerprint density at radius 2 is 2.07 bits per heavy atom. The molecule has 84 valence electrons. The summed E-state index contributed by atoms with van der Waals surface area (Å²) in [6, 6.07) is 0.676. The lowest BCUT2D eigenvalue weighted by atomic mass is 10.3. The van der Waals surface area contributed by atoms with Gasteiger partial charge in [0, 0.05) is 10.7 Å². The van der Waals surface area contributed by atoms with Crippen LogP contribution in [0.4, 0.5) is 14.5 Å². The van der Waals surface area contributed by atoms with Gasteiger partial charge in [0.25, 0.3) is 15.5 Å². The normalized spacial score (nSPS) is 12.1. The van der Waals surface area contributed by atoms with Crippen LogP contribution < -0.4 is 5.73 Å². The number of rotatable bonds is 2. The van der Waals surface area contributed by atoms with Gasteiger partial charge in [0.15, 0.2) is 0 Å². The molecule has 0 aliphatic heterocycles. The van der Waals surface area contributed by atoms with Crippen LogP contribution in [0.3, 0.4) is 0 Å². The van der Waals surface area contributed by atoms with Crippen molar-refractivity contribution in [1.29, 1.82) is 0 Å². The molecule has 0 amide bonds. The smallest absolute Gasteiger partial charge is 0.280 e. The topological polar surface area (TPSA) is 73.0 Å². The molecule has 0 bridgehead atoms. The van der Waals surface area contributed by atoms with E-state index in [4.69, 9.17) is 16.4 Å². The van der Waals surface area contributed by atoms with Gasteiger partial charge in [-0.25, -0.2) is 22.2 Å². The third kappa shape index (κ3) is 2.54. The molecule has 0 fully saturated rings. The van der Waals surface area contributed by atoms with E-state index < -0.39 is 26.1 Å². The van der Waals surface area contributed by atoms with Crippen LogP contribution in [0.1, 0.15) is 17.8 Å². The van der Waals surface area contributed by atoms with Gasteiger partial charge in [-0.2, -0.15) is 0 Å². The summed E-state index contributed by atoms with van der Waals surface area (Å²) in [6.45, 7) is 1.33. The summed E-state index contributed by atoms with van der Waals surface area (Å²) in [5.41, 5.74) is 4.49. The maximum atomic E-state index is 12.3. The van der Waals surface area contributed by atoms with Crippen molar-refractivity contribution in [2.75, 3.05) is 5.73 Å². The van der Waals surface area contributed by atoms with Crippen LogP contribution >= 0.6 is 10.7 Å². The molecule has 15 heavy (non-hydrogen) atoms. The van der Waals surface area contributed by atoms with Gasteiger partial charge in [0.2, 0.25) is 0 Å². The molecule has 0 spiro atoms. The number of nitrogen functional groups attached to an aromatic ring is 1. The van der Waals surface area contributed by atoms with Gasteiger partial charge in [0.05, 0.1) is 11.4 Å². The molecule has 1 heterocycles. The molecule has 1 aromatic heterocycles. The fraction of sp³-hybridized carbons (Fsp3) is 0.286. The number of alkyl halides is 2. The van der Waals surface area contributed by atoms with Crippen molar-refractivity contribution in [1.82, 2.24) is 4.98 Å². The molecular weight excluding hydrogens is 250 g/mol. The molecule has 1 aromatic rings. The predicted molar refractivity (Wildman–Crippen MR) is 51.4 cm³/mol. The number of aryl methyl sites for hydroxylation is 1. The Morgan fingerprint density at radius 1 is 1.53 bits per heavy atom. The summed E-state index contributed by atoms with van der Waals surface area (Å²) in [5.74, 6) is 0. The molecule has 2 N–H and O–H groups in total. The first-order valence-corrected chi connectivity index (χ1v) is 6.04. The fourth-order valence-electron chi connectivity index (χ4n) is 0.990. The molecule has 0 saturated heterocycles. The molecule has 4 nitrogen and oxygen atoms in total. The van der Waals surface area contributed by atoms with E-state index in [1.54, 1.807) is 0 Å². The second-order valence-electron chi connectivity index (χ2n) is 2.78. The van der Waals surface area contributed by atoms with E-state index in [0.717, 1.165) is 0 Å². The van der Waals surface area contributed by atoms with Crippen molar-refractivity contribution in [3.8, 4) is 0 Å². The van der Waals surface area contributed by atoms with Crippen molar-refractivity contribution < 1.29 is 17.2 Å². The summed E-state index contributed by atoms with van der Waals surface area (Å²) in [4.78, 5) is 2.91. The van der Waals surface area contributed by atoms with Crippen molar-refractivity contribution in [3.63, 3.8) is 0 Å². The van der Waals surface area contributed by atoms with E-state index in [-0.39, 0.29) is 11.4 Å². The number of hydrogen-bond donors (Lipinski definition) is 1. The van der Waals surface area contributed by atoms with Crippen molar-refractivity contribution in [2.24, 2.45) is 0 Å². The number of nitrogens with two attached hydrogens (primary N) is 1. The van der Waals surface area contributed by atoms with Crippen LogP contribution in [0.5, 0.6) is 0 Å². The lowest BCUT2D eigenvalue weighted by molar-refractivity contribution is 0.145. The minimum absolute atomic E-state index is 0.00650. The van der Waals surface area contributed by atoms with E-state index in [1.165, 1.54) is 6.92 Å². The van der Waals surface area contributed by atoms with E-state index in [0.29, 0.717) is 6.07 Å². The number of pyridine rings is 1. The lowest BCUT2D eigenvalue weighted by Gasteiger charge is -2.07. The highest BCUT2D eigenvalue weighted by atomic mass is 35.7. The summed E-state index contributed by atoms with van der Waals surface area (Å²) < 4.78 is 46.6. The number of aromatic nitrogens is 1. The second kappa shape index (κ2) is 3.90. The molecule has 1 rings (SSSR count). The zero-order valence-electron chi connectivity index (χ0n) is 7.54.